The van der Waals surface area contributed by atoms with Crippen molar-refractivity contribution in [2.24, 2.45) is 0 Å². The highest BCUT2D eigenvalue weighted by atomic mass is 19.1. The number of Topliss-reactive ketones (excluding diaryl/α,β-unsaturated/α-hetero) is 1. The lowest BCUT2D eigenvalue weighted by Crippen LogP contribution is -2.18. The molecule has 1 aromatic heterocycles. The maximum absolute atomic E-state index is 14.0. The Hall–Kier alpha value is -4.13. The number of aryl methyl sites for hydroxylation is 1. The molecule has 0 aliphatic rings. The molecule has 0 unspecified atom stereocenters. The predicted octanol–water partition coefficient (Wildman–Crippen LogP) is 5.44. The van der Waals surface area contributed by atoms with E-state index in [1.165, 1.54) is 19.2 Å². The highest BCUT2D eigenvalue weighted by Gasteiger charge is 2.22. The second-order valence-electron chi connectivity index (χ2n) is 7.25. The quantitative estimate of drug-likeness (QED) is 0.380. The van der Waals surface area contributed by atoms with Crippen LogP contribution in [0.4, 0.5) is 15.8 Å². The Labute approximate surface area is 184 Å². The molecule has 4 aromatic rings. The molecule has 162 valence electrons. The predicted molar refractivity (Wildman–Crippen MR) is 121 cm³/mol. The number of benzene rings is 3. The average Bonchev–Trinajstić information content (AvgIpc) is 3.16. The molecule has 6 nitrogen and oxygen atoms in total. The molecule has 1 heterocycles. The molecule has 1 amide bonds. The van der Waals surface area contributed by atoms with Crippen molar-refractivity contribution < 1.29 is 23.1 Å². The largest absolute Gasteiger partial charge is 0.494 e. The third-order valence-electron chi connectivity index (χ3n) is 4.98. The molecule has 0 fully saturated rings. The van der Waals surface area contributed by atoms with Crippen LogP contribution in [0.3, 0.4) is 0 Å². The summed E-state index contributed by atoms with van der Waals surface area (Å²) in [5, 5.41) is 6.48. The minimum absolute atomic E-state index is 0.0569. The molecule has 7 heteroatoms. The first kappa shape index (κ1) is 21.1. The fourth-order valence-electron chi connectivity index (χ4n) is 3.40. The molecule has 0 saturated heterocycles. The number of anilines is 2. The van der Waals surface area contributed by atoms with Gasteiger partial charge < -0.3 is 19.8 Å². The Morgan fingerprint density at radius 2 is 1.84 bits per heavy atom. The van der Waals surface area contributed by atoms with Crippen LogP contribution in [0, 0.1) is 12.7 Å². The van der Waals surface area contributed by atoms with Crippen LogP contribution in [0.25, 0.3) is 11.0 Å². The van der Waals surface area contributed by atoms with Crippen molar-refractivity contribution in [1.29, 1.82) is 0 Å². The van der Waals surface area contributed by atoms with E-state index >= 15 is 0 Å². The minimum atomic E-state index is -0.620. The lowest BCUT2D eigenvalue weighted by atomic mass is 10.1. The van der Waals surface area contributed by atoms with E-state index in [4.69, 9.17) is 9.15 Å². The fraction of sp³-hybridized carbons (Fsp3) is 0.120. The minimum Gasteiger partial charge on any atom is -0.494 e. The average molecular weight is 432 g/mol. The zero-order valence-electron chi connectivity index (χ0n) is 17.6. The van der Waals surface area contributed by atoms with Gasteiger partial charge in [-0.15, -0.1) is 0 Å². The van der Waals surface area contributed by atoms with Gasteiger partial charge in [0.05, 0.1) is 19.3 Å². The molecule has 0 atom stereocenters. The Kier molecular flexibility index (Phi) is 5.89. The van der Waals surface area contributed by atoms with Gasteiger partial charge in [-0.3, -0.25) is 9.59 Å². The summed E-state index contributed by atoms with van der Waals surface area (Å²) in [6.45, 7) is 1.78. The van der Waals surface area contributed by atoms with E-state index in [2.05, 4.69) is 10.6 Å². The molecule has 2 N–H and O–H groups in total. The molecular weight excluding hydrogens is 411 g/mol. The van der Waals surface area contributed by atoms with Crippen molar-refractivity contribution in [3.8, 4) is 5.75 Å². The summed E-state index contributed by atoms with van der Waals surface area (Å²) in [5.41, 5.74) is 2.73. The number of ether oxygens (including phenoxy) is 1. The van der Waals surface area contributed by atoms with Gasteiger partial charge in [0, 0.05) is 16.6 Å². The Morgan fingerprint density at radius 3 is 2.59 bits per heavy atom. The Balaban J connectivity index is 1.59. The number of hydrogen-bond acceptors (Lipinski definition) is 5. The summed E-state index contributed by atoms with van der Waals surface area (Å²) in [5.74, 6) is -1.30. The molecule has 0 saturated carbocycles. The zero-order chi connectivity index (χ0) is 22.7. The van der Waals surface area contributed by atoms with Crippen LogP contribution in [0.15, 0.2) is 71.1 Å². The van der Waals surface area contributed by atoms with E-state index in [1.807, 2.05) is 31.2 Å². The molecule has 0 radical (unpaired) electrons. The number of hydrogen-bond donors (Lipinski definition) is 2. The second kappa shape index (κ2) is 8.93. The lowest BCUT2D eigenvalue weighted by Gasteiger charge is -2.09. The summed E-state index contributed by atoms with van der Waals surface area (Å²) >= 11 is 0. The number of carbonyl (C=O) groups is 2. The number of carbonyl (C=O) groups excluding carboxylic acids is 2. The summed E-state index contributed by atoms with van der Waals surface area (Å²) in [6, 6.07) is 18.6. The summed E-state index contributed by atoms with van der Waals surface area (Å²) in [4.78, 5) is 25.6. The number of amides is 1. The topological polar surface area (TPSA) is 80.6 Å². The van der Waals surface area contributed by atoms with E-state index in [1.54, 1.807) is 24.3 Å². The first-order chi connectivity index (χ1) is 15.5. The van der Waals surface area contributed by atoms with Gasteiger partial charge in [-0.05, 0) is 55.0 Å². The number of halogens is 1. The van der Waals surface area contributed by atoms with Crippen molar-refractivity contribution in [2.75, 3.05) is 24.3 Å². The van der Waals surface area contributed by atoms with Crippen LogP contribution in [0.5, 0.6) is 5.75 Å². The van der Waals surface area contributed by atoms with E-state index < -0.39 is 11.7 Å². The molecule has 3 aromatic carbocycles. The first-order valence-electron chi connectivity index (χ1n) is 9.96. The summed E-state index contributed by atoms with van der Waals surface area (Å²) in [6.07, 6.45) is 0. The van der Waals surface area contributed by atoms with Crippen LogP contribution in [-0.2, 0) is 0 Å². The highest BCUT2D eigenvalue weighted by molar-refractivity contribution is 6.12. The second-order valence-corrected chi connectivity index (χ2v) is 7.25. The first-order valence-corrected chi connectivity index (χ1v) is 9.96. The van der Waals surface area contributed by atoms with E-state index in [9.17, 15) is 14.0 Å². The summed E-state index contributed by atoms with van der Waals surface area (Å²) in [7, 11) is 1.36. The van der Waals surface area contributed by atoms with Gasteiger partial charge in [0.25, 0.3) is 5.91 Å². The molecule has 0 bridgehead atoms. The monoisotopic (exact) mass is 432 g/mol. The van der Waals surface area contributed by atoms with Crippen molar-refractivity contribution in [1.82, 2.24) is 0 Å². The zero-order valence-corrected chi connectivity index (χ0v) is 17.6. The van der Waals surface area contributed by atoms with E-state index in [-0.39, 0.29) is 29.4 Å². The lowest BCUT2D eigenvalue weighted by molar-refractivity contribution is 0.0990. The van der Waals surface area contributed by atoms with Crippen LogP contribution < -0.4 is 15.4 Å². The van der Waals surface area contributed by atoms with Crippen LogP contribution in [-0.4, -0.2) is 25.3 Å². The van der Waals surface area contributed by atoms with Gasteiger partial charge in [-0.1, -0.05) is 24.3 Å². The molecule has 4 rings (SSSR count). The van der Waals surface area contributed by atoms with Gasteiger partial charge in [0.2, 0.25) is 5.76 Å². The number of furan rings is 1. The van der Waals surface area contributed by atoms with E-state index in [0.717, 1.165) is 11.6 Å². The molecular formula is C25H21FN2O4. The van der Waals surface area contributed by atoms with Gasteiger partial charge in [0.1, 0.15) is 5.58 Å². The SMILES string of the molecule is COc1ccc(C(=O)CNc2c(C(=O)Nc3cccc(C)c3)oc3ccccc23)cc1F. The van der Waals surface area contributed by atoms with E-state index in [0.29, 0.717) is 22.3 Å². The number of nitrogens with one attached hydrogen (secondary N) is 2. The maximum Gasteiger partial charge on any atom is 0.293 e. The molecule has 0 aliphatic heterocycles. The number of rotatable bonds is 7. The van der Waals surface area contributed by atoms with Crippen molar-refractivity contribution in [3.05, 3.63) is 89.4 Å². The van der Waals surface area contributed by atoms with Crippen molar-refractivity contribution in [2.45, 2.75) is 6.92 Å². The van der Waals surface area contributed by atoms with Gasteiger partial charge in [-0.25, -0.2) is 4.39 Å². The molecule has 0 spiro atoms. The third-order valence-corrected chi connectivity index (χ3v) is 4.98. The van der Waals surface area contributed by atoms with Crippen LogP contribution >= 0.6 is 0 Å². The fourth-order valence-corrected chi connectivity index (χ4v) is 3.40. The summed E-state index contributed by atoms with van der Waals surface area (Å²) < 4.78 is 24.6. The van der Waals surface area contributed by atoms with Gasteiger partial charge in [-0.2, -0.15) is 0 Å². The van der Waals surface area contributed by atoms with Crippen LogP contribution in [0.1, 0.15) is 26.5 Å². The number of ketones is 1. The van der Waals surface area contributed by atoms with Gasteiger partial charge >= 0.3 is 0 Å². The van der Waals surface area contributed by atoms with Crippen LogP contribution in [0.2, 0.25) is 0 Å². The molecule has 32 heavy (non-hydrogen) atoms. The van der Waals surface area contributed by atoms with Gasteiger partial charge in [0.15, 0.2) is 17.3 Å². The number of para-hydroxylation sites is 1. The number of fused-ring (bicyclic) bond motifs is 1. The normalized spacial score (nSPS) is 10.7. The van der Waals surface area contributed by atoms with Crippen molar-refractivity contribution in [3.63, 3.8) is 0 Å². The third kappa shape index (κ3) is 4.32. The van der Waals surface area contributed by atoms with Crippen molar-refractivity contribution >= 4 is 34.0 Å². The number of methoxy groups -OCH3 is 1. The smallest absolute Gasteiger partial charge is 0.293 e. The molecule has 0 aliphatic carbocycles. The highest BCUT2D eigenvalue weighted by Crippen LogP contribution is 2.31. The standard InChI is InChI=1S/C25H21FN2O4/c1-15-6-5-7-17(12-15)28-25(30)24-23(18-8-3-4-9-21(18)32-24)27-14-20(29)16-10-11-22(31-2)19(26)13-16/h3-13,27H,14H2,1-2H3,(H,28,30). The maximum atomic E-state index is 14.0. The Morgan fingerprint density at radius 1 is 1.03 bits per heavy atom. The Bertz CT molecular complexity index is 1310.